The smallest absolute Gasteiger partial charge is 0.132 e. The van der Waals surface area contributed by atoms with Crippen molar-refractivity contribution in [3.63, 3.8) is 0 Å². The summed E-state index contributed by atoms with van der Waals surface area (Å²) in [6.45, 7) is 4.56. The van der Waals surface area contributed by atoms with Gasteiger partial charge in [-0.3, -0.25) is 4.79 Å². The number of carbonyl (C=O) groups excluding carboxylic acids is 1. The van der Waals surface area contributed by atoms with E-state index in [1.54, 1.807) is 0 Å². The van der Waals surface area contributed by atoms with Gasteiger partial charge in [-0.15, -0.1) is 0 Å². The number of benzene rings is 2. The molecule has 164 valence electrons. The van der Waals surface area contributed by atoms with Crippen LogP contribution < -0.4 is 0 Å². The predicted octanol–water partition coefficient (Wildman–Crippen LogP) is 6.00. The highest BCUT2D eigenvalue weighted by atomic mass is 16.3. The highest BCUT2D eigenvalue weighted by Gasteiger charge is 2.30. The summed E-state index contributed by atoms with van der Waals surface area (Å²) in [6, 6.07) is 20.2. The molecule has 0 heterocycles. The molecule has 0 saturated heterocycles. The maximum Gasteiger partial charge on any atom is 0.132 e. The van der Waals surface area contributed by atoms with Crippen molar-refractivity contribution in [3.05, 3.63) is 71.8 Å². The Kier molecular flexibility index (Phi) is 10.3. The molecule has 2 aromatic carbocycles. The van der Waals surface area contributed by atoms with Crippen LogP contribution in [-0.2, 0) is 10.2 Å². The molecule has 0 amide bonds. The Hall–Kier alpha value is -1.97. The predicted molar refractivity (Wildman–Crippen MR) is 123 cm³/mol. The van der Waals surface area contributed by atoms with Gasteiger partial charge in [-0.1, -0.05) is 80.9 Å². The number of ketones is 1. The Morgan fingerprint density at radius 3 is 2.17 bits per heavy atom. The largest absolute Gasteiger partial charge is 0.396 e. The normalized spacial score (nSPS) is 15.3. The van der Waals surface area contributed by atoms with Gasteiger partial charge in [0.1, 0.15) is 5.78 Å². The average Bonchev–Trinajstić information content (AvgIpc) is 2.75. The first-order valence-corrected chi connectivity index (χ1v) is 11.4. The fourth-order valence-electron chi connectivity index (χ4n) is 4.24. The highest BCUT2D eigenvalue weighted by molar-refractivity contribution is 5.78. The Bertz CT molecular complexity index is 728. The third kappa shape index (κ3) is 8.04. The number of hydrogen-bond donors (Lipinski definition) is 2. The van der Waals surface area contributed by atoms with Gasteiger partial charge < -0.3 is 10.2 Å². The van der Waals surface area contributed by atoms with E-state index in [0.717, 1.165) is 37.7 Å². The molecule has 0 aliphatic carbocycles. The van der Waals surface area contributed by atoms with Gasteiger partial charge in [-0.25, -0.2) is 0 Å². The second-order valence-corrected chi connectivity index (χ2v) is 8.96. The first kappa shape index (κ1) is 24.3. The minimum atomic E-state index is -0.528. The lowest BCUT2D eigenvalue weighted by atomic mass is 9.73. The zero-order chi connectivity index (χ0) is 21.8. The summed E-state index contributed by atoms with van der Waals surface area (Å²) < 4.78 is 0. The number of Topliss-reactive ketones (excluding diaryl/α,β-unsaturated/α-hetero) is 1. The topological polar surface area (TPSA) is 57.5 Å². The van der Waals surface area contributed by atoms with E-state index >= 15 is 0 Å². The molecule has 2 aromatic rings. The molecule has 3 nitrogen and oxygen atoms in total. The molecule has 3 unspecified atom stereocenters. The monoisotopic (exact) mass is 410 g/mol. The molecule has 0 radical (unpaired) electrons. The molecule has 0 aromatic heterocycles. The summed E-state index contributed by atoms with van der Waals surface area (Å²) in [5.74, 6) is 0.800. The summed E-state index contributed by atoms with van der Waals surface area (Å²) in [7, 11) is 0. The van der Waals surface area contributed by atoms with Gasteiger partial charge in [0.05, 0.1) is 6.10 Å². The summed E-state index contributed by atoms with van der Waals surface area (Å²) in [5.41, 5.74) is 1.96. The number of aliphatic hydroxyl groups is 2. The van der Waals surface area contributed by atoms with Gasteiger partial charge in [-0.2, -0.15) is 0 Å². The van der Waals surface area contributed by atoms with Crippen LogP contribution in [0.1, 0.15) is 82.4 Å². The molecular formula is C27H38O3. The molecule has 3 heteroatoms. The van der Waals surface area contributed by atoms with E-state index in [-0.39, 0.29) is 12.0 Å². The van der Waals surface area contributed by atoms with Crippen molar-refractivity contribution in [2.45, 2.75) is 76.7 Å². The van der Waals surface area contributed by atoms with E-state index in [9.17, 15) is 9.90 Å². The third-order valence-electron chi connectivity index (χ3n) is 6.26. The van der Waals surface area contributed by atoms with Crippen molar-refractivity contribution < 1.29 is 15.0 Å². The van der Waals surface area contributed by atoms with Crippen LogP contribution >= 0.6 is 0 Å². The van der Waals surface area contributed by atoms with Crippen molar-refractivity contribution in [2.24, 2.45) is 5.92 Å². The molecule has 0 aliphatic heterocycles. The van der Waals surface area contributed by atoms with Crippen LogP contribution in [0.3, 0.4) is 0 Å². The molecule has 0 saturated carbocycles. The van der Waals surface area contributed by atoms with Gasteiger partial charge >= 0.3 is 0 Å². The van der Waals surface area contributed by atoms with Gasteiger partial charge in [0, 0.05) is 19.4 Å². The maximum absolute atomic E-state index is 12.3. The van der Waals surface area contributed by atoms with Crippen LogP contribution in [0.25, 0.3) is 0 Å². The zero-order valence-electron chi connectivity index (χ0n) is 18.6. The fourth-order valence-corrected chi connectivity index (χ4v) is 4.24. The van der Waals surface area contributed by atoms with Gasteiger partial charge in [-0.05, 0) is 54.6 Å². The molecule has 2 N–H and O–H groups in total. The second kappa shape index (κ2) is 12.7. The lowest BCUT2D eigenvalue weighted by Gasteiger charge is -2.33. The van der Waals surface area contributed by atoms with Crippen LogP contribution in [0.15, 0.2) is 60.7 Å². The minimum Gasteiger partial charge on any atom is -0.396 e. The quantitative estimate of drug-likeness (QED) is 0.402. The Labute approximate surface area is 182 Å². The molecular weight excluding hydrogens is 372 g/mol. The van der Waals surface area contributed by atoms with Crippen LogP contribution in [0.5, 0.6) is 0 Å². The van der Waals surface area contributed by atoms with E-state index in [1.165, 1.54) is 5.56 Å². The Morgan fingerprint density at radius 2 is 1.53 bits per heavy atom. The fraction of sp³-hybridized carbons (Fsp3) is 0.519. The number of aliphatic hydroxyl groups excluding tert-OH is 2. The first-order chi connectivity index (χ1) is 14.4. The van der Waals surface area contributed by atoms with E-state index in [1.807, 2.05) is 48.5 Å². The highest BCUT2D eigenvalue weighted by Crippen LogP contribution is 2.38. The Morgan fingerprint density at radius 1 is 0.933 bits per heavy atom. The molecule has 30 heavy (non-hydrogen) atoms. The maximum atomic E-state index is 12.3. The summed E-state index contributed by atoms with van der Waals surface area (Å²) in [6.07, 6.45) is 5.75. The molecule has 0 fully saturated rings. The number of hydrogen-bond acceptors (Lipinski definition) is 3. The van der Waals surface area contributed by atoms with Crippen LogP contribution in [-0.4, -0.2) is 22.6 Å². The molecule has 0 aliphatic rings. The zero-order valence-corrected chi connectivity index (χ0v) is 18.6. The van der Waals surface area contributed by atoms with Crippen LogP contribution in [0.2, 0.25) is 0 Å². The Balaban J connectivity index is 1.92. The summed E-state index contributed by atoms with van der Waals surface area (Å²) in [4.78, 5) is 12.3. The van der Waals surface area contributed by atoms with Crippen LogP contribution in [0, 0.1) is 5.92 Å². The minimum absolute atomic E-state index is 0.188. The van der Waals surface area contributed by atoms with Crippen molar-refractivity contribution in [1.29, 1.82) is 0 Å². The lowest BCUT2D eigenvalue weighted by molar-refractivity contribution is -0.119. The molecule has 3 atom stereocenters. The SMILES string of the molecule is CC(CCO)CCCC(=O)CCCC(C)(CC(O)c1ccccc1)c1ccccc1. The van der Waals surface area contributed by atoms with E-state index < -0.39 is 6.10 Å². The van der Waals surface area contributed by atoms with Crippen molar-refractivity contribution in [1.82, 2.24) is 0 Å². The van der Waals surface area contributed by atoms with E-state index in [4.69, 9.17) is 5.11 Å². The van der Waals surface area contributed by atoms with Gasteiger partial charge in [0.25, 0.3) is 0 Å². The molecule has 2 rings (SSSR count). The number of rotatable bonds is 14. The van der Waals surface area contributed by atoms with E-state index in [0.29, 0.717) is 31.0 Å². The van der Waals surface area contributed by atoms with Gasteiger partial charge in [0.15, 0.2) is 0 Å². The molecule has 0 spiro atoms. The standard InChI is InChI=1S/C27H38O3/c1-22(18-20-28)11-9-16-25(29)17-10-19-27(2,24-14-7-4-8-15-24)21-26(30)23-12-5-3-6-13-23/h3-8,12-15,22,26,28,30H,9-11,16-21H2,1-2H3. The third-order valence-corrected chi connectivity index (χ3v) is 6.26. The van der Waals surface area contributed by atoms with E-state index in [2.05, 4.69) is 26.0 Å². The van der Waals surface area contributed by atoms with Crippen LogP contribution in [0.4, 0.5) is 0 Å². The lowest BCUT2D eigenvalue weighted by Crippen LogP contribution is -2.25. The average molecular weight is 411 g/mol. The first-order valence-electron chi connectivity index (χ1n) is 11.4. The van der Waals surface area contributed by atoms with Crippen molar-refractivity contribution in [2.75, 3.05) is 6.61 Å². The van der Waals surface area contributed by atoms with Gasteiger partial charge in [0.2, 0.25) is 0 Å². The van der Waals surface area contributed by atoms with Crippen molar-refractivity contribution in [3.8, 4) is 0 Å². The number of carbonyl (C=O) groups is 1. The summed E-state index contributed by atoms with van der Waals surface area (Å²) in [5, 5.41) is 19.8. The summed E-state index contributed by atoms with van der Waals surface area (Å²) >= 11 is 0. The second-order valence-electron chi connectivity index (χ2n) is 8.96. The van der Waals surface area contributed by atoms with Crippen molar-refractivity contribution >= 4 is 5.78 Å². The molecule has 0 bridgehead atoms.